The molecule has 1 atom stereocenters. The first-order valence-corrected chi connectivity index (χ1v) is 12.3. The van der Waals surface area contributed by atoms with Gasteiger partial charge in [-0.3, -0.25) is 9.59 Å². The SMILES string of the molecule is CC(C)CNC(=O)C(Cc1ccccc1)N(Cc1ccccc1F)C(=O)Cc1ccc(Cl)cc1Cl. The predicted molar refractivity (Wildman–Crippen MR) is 139 cm³/mol. The molecule has 0 saturated heterocycles. The highest BCUT2D eigenvalue weighted by Crippen LogP contribution is 2.24. The number of benzene rings is 3. The average molecular weight is 515 g/mol. The van der Waals surface area contributed by atoms with Crippen molar-refractivity contribution in [1.29, 1.82) is 0 Å². The largest absolute Gasteiger partial charge is 0.354 e. The molecule has 0 aliphatic rings. The molecule has 1 unspecified atom stereocenters. The molecule has 3 rings (SSSR count). The van der Waals surface area contributed by atoms with E-state index in [1.165, 1.54) is 11.0 Å². The van der Waals surface area contributed by atoms with Gasteiger partial charge in [-0.1, -0.05) is 91.6 Å². The Hall–Kier alpha value is -2.89. The van der Waals surface area contributed by atoms with Crippen LogP contribution in [0.2, 0.25) is 10.0 Å². The van der Waals surface area contributed by atoms with Crippen molar-refractivity contribution < 1.29 is 14.0 Å². The van der Waals surface area contributed by atoms with Gasteiger partial charge in [0, 0.05) is 35.1 Å². The highest BCUT2D eigenvalue weighted by molar-refractivity contribution is 6.35. The molecule has 0 aliphatic heterocycles. The van der Waals surface area contributed by atoms with Crippen molar-refractivity contribution in [2.75, 3.05) is 6.54 Å². The Morgan fingerprint density at radius 1 is 0.943 bits per heavy atom. The maximum atomic E-state index is 14.6. The van der Waals surface area contributed by atoms with Crippen molar-refractivity contribution in [2.45, 2.75) is 39.3 Å². The second-order valence-electron chi connectivity index (χ2n) is 8.87. The van der Waals surface area contributed by atoms with Crippen molar-refractivity contribution in [2.24, 2.45) is 5.92 Å². The Kier molecular flexibility index (Phi) is 9.70. The fourth-order valence-corrected chi connectivity index (χ4v) is 4.19. The minimum absolute atomic E-state index is 0.0484. The smallest absolute Gasteiger partial charge is 0.243 e. The van der Waals surface area contributed by atoms with Gasteiger partial charge in [-0.05, 0) is 35.2 Å². The highest BCUT2D eigenvalue weighted by atomic mass is 35.5. The molecule has 0 spiro atoms. The Morgan fingerprint density at radius 2 is 1.63 bits per heavy atom. The van der Waals surface area contributed by atoms with Crippen molar-refractivity contribution in [3.05, 3.63) is 105 Å². The molecule has 2 amide bonds. The van der Waals surface area contributed by atoms with Gasteiger partial charge in [0.2, 0.25) is 11.8 Å². The Balaban J connectivity index is 1.99. The fraction of sp³-hybridized carbons (Fsp3) is 0.286. The lowest BCUT2D eigenvalue weighted by Gasteiger charge is -2.32. The van der Waals surface area contributed by atoms with Gasteiger partial charge in [-0.25, -0.2) is 4.39 Å². The van der Waals surface area contributed by atoms with Gasteiger partial charge in [-0.2, -0.15) is 0 Å². The van der Waals surface area contributed by atoms with Crippen LogP contribution in [0.25, 0.3) is 0 Å². The first-order valence-electron chi connectivity index (χ1n) is 11.5. The zero-order chi connectivity index (χ0) is 25.4. The summed E-state index contributed by atoms with van der Waals surface area (Å²) in [5, 5.41) is 3.77. The van der Waals surface area contributed by atoms with Crippen LogP contribution in [0.3, 0.4) is 0 Å². The van der Waals surface area contributed by atoms with E-state index in [0.29, 0.717) is 34.1 Å². The Labute approximate surface area is 216 Å². The third kappa shape index (κ3) is 7.81. The van der Waals surface area contributed by atoms with Crippen LogP contribution in [-0.2, 0) is 29.0 Å². The number of halogens is 3. The Bertz CT molecular complexity index is 1150. The minimum Gasteiger partial charge on any atom is -0.354 e. The van der Waals surface area contributed by atoms with E-state index >= 15 is 0 Å². The standard InChI is InChI=1S/C28H29Cl2FN2O2/c1-19(2)17-32-28(35)26(14-20-8-4-3-5-9-20)33(18-22-10-6-7-11-25(22)31)27(34)15-21-12-13-23(29)16-24(21)30/h3-13,16,19,26H,14-15,17-18H2,1-2H3,(H,32,35). The second-order valence-corrected chi connectivity index (χ2v) is 9.71. The van der Waals surface area contributed by atoms with Crippen LogP contribution in [0.4, 0.5) is 4.39 Å². The van der Waals surface area contributed by atoms with E-state index in [9.17, 15) is 14.0 Å². The van der Waals surface area contributed by atoms with Crippen molar-refractivity contribution in [1.82, 2.24) is 10.2 Å². The minimum atomic E-state index is -0.839. The van der Waals surface area contributed by atoms with Crippen LogP contribution in [0.1, 0.15) is 30.5 Å². The maximum Gasteiger partial charge on any atom is 0.243 e. The van der Waals surface area contributed by atoms with E-state index in [-0.39, 0.29) is 30.7 Å². The monoisotopic (exact) mass is 514 g/mol. The number of hydrogen-bond donors (Lipinski definition) is 1. The predicted octanol–water partition coefficient (Wildman–Crippen LogP) is 6.09. The lowest BCUT2D eigenvalue weighted by molar-refractivity contribution is -0.140. The topological polar surface area (TPSA) is 49.4 Å². The zero-order valence-corrected chi connectivity index (χ0v) is 21.3. The number of hydrogen-bond acceptors (Lipinski definition) is 2. The normalized spacial score (nSPS) is 11.8. The van der Waals surface area contributed by atoms with Crippen LogP contribution in [0.5, 0.6) is 0 Å². The third-order valence-corrected chi connectivity index (χ3v) is 6.20. The number of nitrogens with one attached hydrogen (secondary N) is 1. The van der Waals surface area contributed by atoms with E-state index in [4.69, 9.17) is 23.2 Å². The number of carbonyl (C=O) groups excluding carboxylic acids is 2. The summed E-state index contributed by atoms with van der Waals surface area (Å²) in [6, 6.07) is 19.8. The summed E-state index contributed by atoms with van der Waals surface area (Å²) in [5.41, 5.74) is 1.81. The molecule has 3 aromatic carbocycles. The van der Waals surface area contributed by atoms with Gasteiger partial charge < -0.3 is 10.2 Å². The van der Waals surface area contributed by atoms with Crippen molar-refractivity contribution in [3.63, 3.8) is 0 Å². The average Bonchev–Trinajstić information content (AvgIpc) is 2.83. The number of rotatable bonds is 10. The highest BCUT2D eigenvalue weighted by Gasteiger charge is 2.31. The molecule has 35 heavy (non-hydrogen) atoms. The number of amides is 2. The summed E-state index contributed by atoms with van der Waals surface area (Å²) < 4.78 is 14.6. The van der Waals surface area contributed by atoms with E-state index in [1.54, 1.807) is 36.4 Å². The maximum absolute atomic E-state index is 14.6. The molecule has 4 nitrogen and oxygen atoms in total. The molecular formula is C28H29Cl2FN2O2. The van der Waals surface area contributed by atoms with Gasteiger partial charge in [0.05, 0.1) is 6.42 Å². The summed E-state index contributed by atoms with van der Waals surface area (Å²) in [6.07, 6.45) is 0.243. The van der Waals surface area contributed by atoms with Crippen LogP contribution in [0.15, 0.2) is 72.8 Å². The van der Waals surface area contributed by atoms with E-state index < -0.39 is 11.9 Å². The molecule has 184 valence electrons. The number of nitrogens with zero attached hydrogens (tertiary/aromatic N) is 1. The second kappa shape index (κ2) is 12.7. The molecule has 0 saturated carbocycles. The van der Waals surface area contributed by atoms with Gasteiger partial charge in [0.15, 0.2) is 0 Å². The molecule has 0 bridgehead atoms. The summed E-state index contributed by atoms with van der Waals surface area (Å²) in [4.78, 5) is 28.5. The molecule has 7 heteroatoms. The van der Waals surface area contributed by atoms with Crippen LogP contribution < -0.4 is 5.32 Å². The summed E-state index contributed by atoms with van der Waals surface area (Å²) in [5.74, 6) is -0.816. The van der Waals surface area contributed by atoms with E-state index in [2.05, 4.69) is 5.32 Å². The molecule has 0 fully saturated rings. The molecule has 1 N–H and O–H groups in total. The van der Waals surface area contributed by atoms with Crippen molar-refractivity contribution >= 4 is 35.0 Å². The fourth-order valence-electron chi connectivity index (χ4n) is 3.72. The van der Waals surface area contributed by atoms with E-state index in [0.717, 1.165) is 5.56 Å². The molecule has 0 heterocycles. The van der Waals surface area contributed by atoms with Crippen LogP contribution in [0, 0.1) is 11.7 Å². The lowest BCUT2D eigenvalue weighted by Crippen LogP contribution is -2.51. The summed E-state index contributed by atoms with van der Waals surface area (Å²) in [7, 11) is 0. The van der Waals surface area contributed by atoms with Gasteiger partial charge in [0.25, 0.3) is 0 Å². The Morgan fingerprint density at radius 3 is 2.29 bits per heavy atom. The number of carbonyl (C=O) groups is 2. The van der Waals surface area contributed by atoms with Crippen LogP contribution in [-0.4, -0.2) is 29.3 Å². The van der Waals surface area contributed by atoms with Gasteiger partial charge in [0.1, 0.15) is 11.9 Å². The summed E-state index contributed by atoms with van der Waals surface area (Å²) >= 11 is 12.3. The van der Waals surface area contributed by atoms with Crippen molar-refractivity contribution in [3.8, 4) is 0 Å². The van der Waals surface area contributed by atoms with Crippen LogP contribution >= 0.6 is 23.2 Å². The van der Waals surface area contributed by atoms with Gasteiger partial charge in [-0.15, -0.1) is 0 Å². The van der Waals surface area contributed by atoms with Gasteiger partial charge >= 0.3 is 0 Å². The first-order chi connectivity index (χ1) is 16.7. The molecule has 0 radical (unpaired) electrons. The third-order valence-electron chi connectivity index (χ3n) is 5.61. The molecule has 3 aromatic rings. The van der Waals surface area contributed by atoms with E-state index in [1.807, 2.05) is 44.2 Å². The lowest BCUT2D eigenvalue weighted by atomic mass is 10.0. The molecular weight excluding hydrogens is 486 g/mol. The molecule has 0 aromatic heterocycles. The quantitative estimate of drug-likeness (QED) is 0.356. The first kappa shape index (κ1) is 26.7. The molecule has 0 aliphatic carbocycles. The zero-order valence-electron chi connectivity index (χ0n) is 19.8. The summed E-state index contributed by atoms with van der Waals surface area (Å²) in [6.45, 7) is 4.41.